The molecule has 2 aromatic heterocycles. The number of amides is 1. The molecule has 2 N–H and O–H groups in total. The van der Waals surface area contributed by atoms with Crippen LogP contribution in [0, 0.1) is 11.3 Å². The van der Waals surface area contributed by atoms with Crippen LogP contribution < -0.4 is 15.6 Å². The molecule has 1 aromatic carbocycles. The number of methoxy groups -OCH3 is 1. The van der Waals surface area contributed by atoms with Gasteiger partial charge in [-0.15, -0.1) is 0 Å². The fraction of sp³-hybridized carbons (Fsp3) is 0.118. The first-order valence-electron chi connectivity index (χ1n) is 7.31. The minimum absolute atomic E-state index is 0.0990. The van der Waals surface area contributed by atoms with Crippen molar-refractivity contribution in [2.45, 2.75) is 6.54 Å². The number of nitriles is 1. The first-order valence-corrected chi connectivity index (χ1v) is 7.31. The van der Waals surface area contributed by atoms with E-state index in [1.807, 2.05) is 6.07 Å². The van der Waals surface area contributed by atoms with Gasteiger partial charge in [0.2, 0.25) is 0 Å². The van der Waals surface area contributed by atoms with E-state index in [0.29, 0.717) is 16.8 Å². The maximum atomic E-state index is 12.2. The number of aromatic amines is 1. The average molecular weight is 335 g/mol. The van der Waals surface area contributed by atoms with Crippen LogP contribution >= 0.6 is 0 Å². The van der Waals surface area contributed by atoms with Crippen LogP contribution in [0.5, 0.6) is 5.75 Å². The number of carbonyl (C=O) groups is 1. The summed E-state index contributed by atoms with van der Waals surface area (Å²) in [7, 11) is 1.53. The molecule has 0 atom stereocenters. The summed E-state index contributed by atoms with van der Waals surface area (Å²) in [6, 6.07) is 8.21. The van der Waals surface area contributed by atoms with Crippen molar-refractivity contribution in [3.8, 4) is 11.8 Å². The SMILES string of the molecule is COc1cncc(CNC(=O)c2nc3ccc(C#N)cc3c(=O)[nH]2)c1. The second-order valence-electron chi connectivity index (χ2n) is 5.17. The maximum absolute atomic E-state index is 12.2. The summed E-state index contributed by atoms with van der Waals surface area (Å²) in [5.74, 6) is -0.0403. The Kier molecular flexibility index (Phi) is 4.39. The summed E-state index contributed by atoms with van der Waals surface area (Å²) in [6.45, 7) is 0.206. The van der Waals surface area contributed by atoms with Crippen LogP contribution in [0.15, 0.2) is 41.5 Å². The molecular formula is C17H13N5O3. The van der Waals surface area contributed by atoms with Gasteiger partial charge in [0, 0.05) is 12.7 Å². The molecule has 124 valence electrons. The minimum atomic E-state index is -0.522. The zero-order chi connectivity index (χ0) is 17.8. The average Bonchev–Trinajstić information content (AvgIpc) is 2.65. The molecule has 0 spiro atoms. The van der Waals surface area contributed by atoms with Crippen molar-refractivity contribution >= 4 is 16.8 Å². The van der Waals surface area contributed by atoms with Crippen molar-refractivity contribution in [3.05, 3.63) is 64.0 Å². The molecule has 3 rings (SSSR count). The molecule has 0 saturated heterocycles. The number of benzene rings is 1. The third-order valence-electron chi connectivity index (χ3n) is 3.51. The number of fused-ring (bicyclic) bond motifs is 1. The van der Waals surface area contributed by atoms with Crippen LogP contribution in [0.4, 0.5) is 0 Å². The summed E-state index contributed by atoms with van der Waals surface area (Å²) in [4.78, 5) is 34.9. The second-order valence-corrected chi connectivity index (χ2v) is 5.17. The summed E-state index contributed by atoms with van der Waals surface area (Å²) >= 11 is 0. The van der Waals surface area contributed by atoms with Crippen molar-refractivity contribution < 1.29 is 9.53 Å². The van der Waals surface area contributed by atoms with Gasteiger partial charge in [0.15, 0.2) is 5.82 Å². The highest BCUT2D eigenvalue weighted by Gasteiger charge is 2.12. The van der Waals surface area contributed by atoms with Gasteiger partial charge in [-0.3, -0.25) is 14.6 Å². The highest BCUT2D eigenvalue weighted by Crippen LogP contribution is 2.11. The lowest BCUT2D eigenvalue weighted by atomic mass is 10.1. The number of carbonyl (C=O) groups excluding carboxylic acids is 1. The van der Waals surface area contributed by atoms with Gasteiger partial charge in [-0.2, -0.15) is 5.26 Å². The highest BCUT2D eigenvalue weighted by molar-refractivity contribution is 5.92. The summed E-state index contributed by atoms with van der Waals surface area (Å²) < 4.78 is 5.07. The van der Waals surface area contributed by atoms with E-state index in [1.54, 1.807) is 24.5 Å². The fourth-order valence-corrected chi connectivity index (χ4v) is 2.25. The van der Waals surface area contributed by atoms with Crippen molar-refractivity contribution in [2.24, 2.45) is 0 Å². The standard InChI is InChI=1S/C17H13N5O3/c1-25-12-4-11(7-19-9-12)8-20-17(24)15-21-14-3-2-10(6-18)5-13(14)16(23)22-15/h2-5,7,9H,8H2,1H3,(H,20,24)(H,21,22,23). The molecule has 3 aromatic rings. The van der Waals surface area contributed by atoms with Gasteiger partial charge in [-0.25, -0.2) is 4.98 Å². The number of H-pyrrole nitrogens is 1. The molecule has 0 aliphatic rings. The first-order chi connectivity index (χ1) is 12.1. The van der Waals surface area contributed by atoms with Gasteiger partial charge in [-0.05, 0) is 29.8 Å². The molecule has 0 aliphatic heterocycles. The molecule has 1 amide bonds. The Bertz CT molecular complexity index is 1050. The summed E-state index contributed by atoms with van der Waals surface area (Å²) in [5.41, 5.74) is 0.961. The summed E-state index contributed by atoms with van der Waals surface area (Å²) in [6.07, 6.45) is 3.16. The predicted octanol–water partition coefficient (Wildman–Crippen LogP) is 1.13. The number of rotatable bonds is 4. The normalized spacial score (nSPS) is 10.2. The molecule has 0 radical (unpaired) electrons. The summed E-state index contributed by atoms with van der Waals surface area (Å²) in [5, 5.41) is 11.8. The Labute approximate surface area is 142 Å². The topological polar surface area (TPSA) is 121 Å². The van der Waals surface area contributed by atoms with Crippen LogP contribution in [-0.2, 0) is 6.54 Å². The largest absolute Gasteiger partial charge is 0.495 e. The molecule has 8 nitrogen and oxygen atoms in total. The van der Waals surface area contributed by atoms with E-state index in [-0.39, 0.29) is 17.8 Å². The third kappa shape index (κ3) is 3.45. The number of nitrogens with zero attached hydrogens (tertiary/aromatic N) is 3. The quantitative estimate of drug-likeness (QED) is 0.737. The minimum Gasteiger partial charge on any atom is -0.495 e. The van der Waals surface area contributed by atoms with Gasteiger partial charge in [-0.1, -0.05) is 0 Å². The van der Waals surface area contributed by atoms with Gasteiger partial charge in [0.25, 0.3) is 11.5 Å². The number of nitrogens with one attached hydrogen (secondary N) is 2. The Morgan fingerprint density at radius 2 is 2.20 bits per heavy atom. The van der Waals surface area contributed by atoms with Gasteiger partial charge < -0.3 is 15.0 Å². The van der Waals surface area contributed by atoms with Crippen molar-refractivity contribution in [1.82, 2.24) is 20.3 Å². The van der Waals surface area contributed by atoms with Gasteiger partial charge >= 0.3 is 0 Å². The molecular weight excluding hydrogens is 322 g/mol. The molecule has 0 bridgehead atoms. The number of hydrogen-bond acceptors (Lipinski definition) is 6. The smallest absolute Gasteiger partial charge is 0.287 e. The van der Waals surface area contributed by atoms with E-state index in [2.05, 4.69) is 20.3 Å². The molecule has 25 heavy (non-hydrogen) atoms. The monoisotopic (exact) mass is 335 g/mol. The predicted molar refractivity (Wildman–Crippen MR) is 89.0 cm³/mol. The van der Waals surface area contributed by atoms with Crippen molar-refractivity contribution in [2.75, 3.05) is 7.11 Å². The Morgan fingerprint density at radius 1 is 1.36 bits per heavy atom. The molecule has 0 unspecified atom stereocenters. The first kappa shape index (κ1) is 16.1. The molecule has 2 heterocycles. The van der Waals surface area contributed by atoms with Crippen LogP contribution in [-0.4, -0.2) is 28.0 Å². The lowest BCUT2D eigenvalue weighted by Crippen LogP contribution is -2.27. The molecule has 0 aliphatic carbocycles. The van der Waals surface area contributed by atoms with E-state index < -0.39 is 11.5 Å². The van der Waals surface area contributed by atoms with E-state index in [9.17, 15) is 9.59 Å². The Hall–Kier alpha value is -3.73. The fourth-order valence-electron chi connectivity index (χ4n) is 2.25. The number of hydrogen-bond donors (Lipinski definition) is 2. The molecule has 8 heteroatoms. The number of aromatic nitrogens is 3. The van der Waals surface area contributed by atoms with E-state index in [4.69, 9.17) is 10.00 Å². The van der Waals surface area contributed by atoms with Gasteiger partial charge in [0.1, 0.15) is 5.75 Å². The number of pyridine rings is 1. The Morgan fingerprint density at radius 3 is 2.96 bits per heavy atom. The van der Waals surface area contributed by atoms with Crippen LogP contribution in [0.2, 0.25) is 0 Å². The van der Waals surface area contributed by atoms with E-state index in [0.717, 1.165) is 5.56 Å². The lowest BCUT2D eigenvalue weighted by Gasteiger charge is -2.07. The lowest BCUT2D eigenvalue weighted by molar-refractivity contribution is 0.0940. The van der Waals surface area contributed by atoms with Gasteiger partial charge in [0.05, 0.1) is 35.8 Å². The van der Waals surface area contributed by atoms with E-state index >= 15 is 0 Å². The van der Waals surface area contributed by atoms with Crippen molar-refractivity contribution in [3.63, 3.8) is 0 Å². The zero-order valence-electron chi connectivity index (χ0n) is 13.2. The maximum Gasteiger partial charge on any atom is 0.287 e. The highest BCUT2D eigenvalue weighted by atomic mass is 16.5. The van der Waals surface area contributed by atoms with Crippen LogP contribution in [0.3, 0.4) is 0 Å². The second kappa shape index (κ2) is 6.80. The van der Waals surface area contributed by atoms with Crippen molar-refractivity contribution in [1.29, 1.82) is 5.26 Å². The number of ether oxygens (including phenoxy) is 1. The van der Waals surface area contributed by atoms with Crippen LogP contribution in [0.1, 0.15) is 21.7 Å². The third-order valence-corrected chi connectivity index (χ3v) is 3.51. The van der Waals surface area contributed by atoms with E-state index in [1.165, 1.54) is 19.2 Å². The van der Waals surface area contributed by atoms with Crippen LogP contribution in [0.25, 0.3) is 10.9 Å². The zero-order valence-corrected chi connectivity index (χ0v) is 13.2. The molecule has 0 saturated carbocycles. The molecule has 0 fully saturated rings. The Balaban J connectivity index is 1.82.